The van der Waals surface area contributed by atoms with Gasteiger partial charge in [-0.3, -0.25) is 4.79 Å². The Hall–Kier alpha value is -1.63. The van der Waals surface area contributed by atoms with Gasteiger partial charge < -0.3 is 4.74 Å². The van der Waals surface area contributed by atoms with Crippen LogP contribution >= 0.6 is 0 Å². The van der Waals surface area contributed by atoms with Crippen molar-refractivity contribution < 1.29 is 22.5 Å². The molecule has 0 saturated carbocycles. The monoisotopic (exact) mass is 331 g/mol. The number of benzene rings is 1. The van der Waals surface area contributed by atoms with Gasteiger partial charge in [0.2, 0.25) is 11.5 Å². The first-order valence-corrected chi connectivity index (χ1v) is 7.60. The highest BCUT2D eigenvalue weighted by atomic mass is 32.1. The van der Waals surface area contributed by atoms with Gasteiger partial charge in [-0.1, -0.05) is 27.7 Å². The van der Waals surface area contributed by atoms with E-state index in [1.165, 1.54) is 12.1 Å². The fourth-order valence-corrected chi connectivity index (χ4v) is 2.47. The fourth-order valence-electron chi connectivity index (χ4n) is 2.32. The van der Waals surface area contributed by atoms with Crippen molar-refractivity contribution in [1.82, 2.24) is 0 Å². The summed E-state index contributed by atoms with van der Waals surface area (Å²) in [5.41, 5.74) is 2.23. The predicted octanol–water partition coefficient (Wildman–Crippen LogP) is 4.00. The molecule has 1 aromatic carbocycles. The Morgan fingerprint density at radius 3 is 2.05 bits per heavy atom. The Bertz CT molecular complexity index is 567. The first kappa shape index (κ1) is 18.4. The van der Waals surface area contributed by atoms with Gasteiger partial charge in [0.25, 0.3) is 5.91 Å². The van der Waals surface area contributed by atoms with E-state index in [4.69, 9.17) is 0 Å². The Morgan fingerprint density at radius 1 is 1.18 bits per heavy atom. The maximum absolute atomic E-state index is 12.5. The largest absolute Gasteiger partial charge is 0.435 e. The summed E-state index contributed by atoms with van der Waals surface area (Å²) in [4.78, 5) is 11.7. The first-order chi connectivity index (χ1) is 10.3. The highest BCUT2D eigenvalue weighted by Crippen LogP contribution is 2.33. The SMILES string of the molecule is CC(C)c1cc(OC(F)F)cc(C(C)C)c1CC(=O)N=S=O. The molecule has 22 heavy (non-hydrogen) atoms. The van der Waals surface area contributed by atoms with Crippen LogP contribution in [0, 0.1) is 0 Å². The van der Waals surface area contributed by atoms with Gasteiger partial charge in [0.15, 0.2) is 0 Å². The number of hydrogen-bond acceptors (Lipinski definition) is 3. The van der Waals surface area contributed by atoms with Gasteiger partial charge in [0, 0.05) is 0 Å². The maximum atomic E-state index is 12.5. The Morgan fingerprint density at radius 2 is 1.68 bits per heavy atom. The lowest BCUT2D eigenvalue weighted by atomic mass is 9.86. The van der Waals surface area contributed by atoms with Gasteiger partial charge in [0.05, 0.1) is 6.42 Å². The van der Waals surface area contributed by atoms with Crippen LogP contribution in [-0.2, 0) is 22.7 Å². The minimum absolute atomic E-state index is 0.0152. The molecule has 0 aliphatic carbocycles. The molecule has 0 aliphatic heterocycles. The number of amides is 1. The molecule has 1 aromatic rings. The van der Waals surface area contributed by atoms with E-state index in [0.29, 0.717) is 0 Å². The van der Waals surface area contributed by atoms with E-state index >= 15 is 0 Å². The molecule has 7 heteroatoms. The van der Waals surface area contributed by atoms with Crippen LogP contribution in [-0.4, -0.2) is 16.7 Å². The molecule has 0 saturated heterocycles. The van der Waals surface area contributed by atoms with Crippen LogP contribution in [0.2, 0.25) is 0 Å². The molecule has 1 amide bonds. The first-order valence-electron chi connectivity index (χ1n) is 6.90. The third-order valence-corrected chi connectivity index (χ3v) is 3.51. The quantitative estimate of drug-likeness (QED) is 0.791. The molecule has 0 aliphatic rings. The van der Waals surface area contributed by atoms with Gasteiger partial charge in [-0.05, 0) is 40.7 Å². The van der Waals surface area contributed by atoms with Gasteiger partial charge in [-0.2, -0.15) is 13.0 Å². The van der Waals surface area contributed by atoms with Crippen molar-refractivity contribution in [3.63, 3.8) is 0 Å². The number of halogens is 2. The molecular formula is C15H19F2NO3S. The van der Waals surface area contributed by atoms with Crippen LogP contribution in [0.15, 0.2) is 16.5 Å². The molecule has 0 bridgehead atoms. The molecule has 4 nitrogen and oxygen atoms in total. The number of alkyl halides is 2. The van der Waals surface area contributed by atoms with Crippen molar-refractivity contribution >= 4 is 17.4 Å². The van der Waals surface area contributed by atoms with Gasteiger partial charge in [-0.15, -0.1) is 4.36 Å². The van der Waals surface area contributed by atoms with E-state index < -0.39 is 12.5 Å². The van der Waals surface area contributed by atoms with Gasteiger partial charge in [0.1, 0.15) is 5.75 Å². The van der Waals surface area contributed by atoms with Crippen molar-refractivity contribution in [2.75, 3.05) is 0 Å². The minimum atomic E-state index is -2.90. The highest BCUT2D eigenvalue weighted by molar-refractivity contribution is 7.55. The molecule has 0 fully saturated rings. The Kier molecular flexibility index (Phi) is 6.80. The van der Waals surface area contributed by atoms with Crippen molar-refractivity contribution in [3.8, 4) is 5.75 Å². The molecule has 0 radical (unpaired) electrons. The molecule has 0 aromatic heterocycles. The van der Waals surface area contributed by atoms with Crippen LogP contribution in [0.4, 0.5) is 8.78 Å². The second-order valence-electron chi connectivity index (χ2n) is 5.50. The van der Waals surface area contributed by atoms with E-state index in [1.807, 2.05) is 27.7 Å². The number of carbonyl (C=O) groups excluding carboxylic acids is 1. The summed E-state index contributed by atoms with van der Waals surface area (Å²) in [5.74, 6) is -0.428. The van der Waals surface area contributed by atoms with E-state index in [1.54, 1.807) is 0 Å². The number of hydrogen-bond donors (Lipinski definition) is 0. The summed E-state index contributed by atoms with van der Waals surface area (Å²) in [7, 11) is 0. The van der Waals surface area contributed by atoms with E-state index in [9.17, 15) is 17.8 Å². The van der Waals surface area contributed by atoms with Crippen LogP contribution in [0.25, 0.3) is 0 Å². The fraction of sp³-hybridized carbons (Fsp3) is 0.533. The van der Waals surface area contributed by atoms with Crippen LogP contribution < -0.4 is 4.74 Å². The molecular weight excluding hydrogens is 312 g/mol. The van der Waals surface area contributed by atoms with E-state index in [0.717, 1.165) is 16.7 Å². The third kappa shape index (κ3) is 4.98. The summed E-state index contributed by atoms with van der Waals surface area (Å²) in [6.45, 7) is 4.70. The van der Waals surface area contributed by atoms with E-state index in [-0.39, 0.29) is 35.5 Å². The molecule has 0 unspecified atom stereocenters. The molecule has 1 rings (SSSR count). The average molecular weight is 331 g/mol. The zero-order valence-corrected chi connectivity index (χ0v) is 13.7. The van der Waals surface area contributed by atoms with Crippen molar-refractivity contribution in [3.05, 3.63) is 28.8 Å². The molecule has 0 N–H and O–H groups in total. The van der Waals surface area contributed by atoms with Crippen LogP contribution in [0.3, 0.4) is 0 Å². The molecule has 122 valence electrons. The van der Waals surface area contributed by atoms with Crippen molar-refractivity contribution in [1.29, 1.82) is 0 Å². The molecule has 0 heterocycles. The lowest BCUT2D eigenvalue weighted by Gasteiger charge is -2.20. The minimum Gasteiger partial charge on any atom is -0.435 e. The smallest absolute Gasteiger partial charge is 0.387 e. The van der Waals surface area contributed by atoms with Crippen LogP contribution in [0.5, 0.6) is 5.75 Å². The average Bonchev–Trinajstić information content (AvgIpc) is 2.39. The lowest BCUT2D eigenvalue weighted by molar-refractivity contribution is -0.117. The summed E-state index contributed by atoms with van der Waals surface area (Å²) >= 11 is -0.129. The number of ether oxygens (including phenoxy) is 1. The standard InChI is InChI=1S/C15H19F2NO3S/c1-8(2)11-5-10(21-15(16)17)6-12(9(3)4)13(11)7-14(19)18-22-20/h5-6,8-9,15H,7H2,1-4H3. The second kappa shape index (κ2) is 8.12. The third-order valence-electron chi connectivity index (χ3n) is 3.23. The second-order valence-corrected chi connectivity index (χ2v) is 5.84. The molecule has 0 atom stereocenters. The summed E-state index contributed by atoms with van der Waals surface area (Å²) in [6, 6.07) is 3.05. The maximum Gasteiger partial charge on any atom is 0.387 e. The summed E-state index contributed by atoms with van der Waals surface area (Å²) < 4.78 is 43.1. The van der Waals surface area contributed by atoms with Crippen molar-refractivity contribution in [2.45, 2.75) is 52.6 Å². The number of carbonyl (C=O) groups is 1. The zero-order valence-electron chi connectivity index (χ0n) is 12.9. The van der Waals surface area contributed by atoms with Gasteiger partial charge >= 0.3 is 6.61 Å². The highest BCUT2D eigenvalue weighted by Gasteiger charge is 2.19. The number of nitrogens with zero attached hydrogens (tertiary/aromatic N) is 1. The van der Waals surface area contributed by atoms with Gasteiger partial charge in [-0.25, -0.2) is 0 Å². The Labute approximate surface area is 132 Å². The van der Waals surface area contributed by atoms with Crippen LogP contribution in [0.1, 0.15) is 56.2 Å². The number of rotatable bonds is 6. The topological polar surface area (TPSA) is 55.7 Å². The van der Waals surface area contributed by atoms with Crippen molar-refractivity contribution in [2.24, 2.45) is 4.36 Å². The predicted molar refractivity (Wildman–Crippen MR) is 80.5 cm³/mol. The summed E-state index contributed by atoms with van der Waals surface area (Å²) in [5, 5.41) is 0. The van der Waals surface area contributed by atoms with E-state index in [2.05, 4.69) is 9.10 Å². The normalized spacial score (nSPS) is 11.1. The molecule has 0 spiro atoms. The summed E-state index contributed by atoms with van der Waals surface area (Å²) in [6.07, 6.45) is -0.0226. The zero-order chi connectivity index (χ0) is 16.9. The Balaban J connectivity index is 3.43. The lowest BCUT2D eigenvalue weighted by Crippen LogP contribution is -2.11.